The van der Waals surface area contributed by atoms with Crippen molar-refractivity contribution in [3.05, 3.63) is 112 Å². The van der Waals surface area contributed by atoms with Crippen LogP contribution in [0.15, 0.2) is 78.9 Å². The number of aliphatic hydroxyl groups excluding tert-OH is 1. The van der Waals surface area contributed by atoms with Crippen molar-refractivity contribution >= 4 is 52.5 Å². The predicted octanol–water partition coefficient (Wildman–Crippen LogP) is 3.53. The van der Waals surface area contributed by atoms with E-state index in [0.29, 0.717) is 46.8 Å². The molecule has 0 radical (unpaired) electrons. The zero-order valence-electron chi connectivity index (χ0n) is 38.8. The number of benzene rings is 4. The van der Waals surface area contributed by atoms with Gasteiger partial charge in [-0.15, -0.1) is 0 Å². The van der Waals surface area contributed by atoms with E-state index < -0.39 is 41.9 Å². The molecule has 0 aromatic heterocycles. The van der Waals surface area contributed by atoms with E-state index in [1.165, 1.54) is 47.2 Å². The lowest BCUT2D eigenvalue weighted by molar-refractivity contribution is -0.129. The number of carbonyl (C=O) groups is 6. The number of fused-ring (bicyclic) bond motifs is 4. The Morgan fingerprint density at radius 2 is 1.54 bits per heavy atom. The second-order valence-electron chi connectivity index (χ2n) is 16.2. The number of ether oxygens (including phenoxy) is 4. The summed E-state index contributed by atoms with van der Waals surface area (Å²) in [7, 11) is 4.35. The van der Waals surface area contributed by atoms with Crippen molar-refractivity contribution in [1.29, 1.82) is 0 Å². The molecule has 2 heterocycles. The van der Waals surface area contributed by atoms with Crippen LogP contribution in [0, 0.1) is 0 Å². The van der Waals surface area contributed by atoms with E-state index in [1.807, 2.05) is 36.1 Å². The van der Waals surface area contributed by atoms with Crippen LogP contribution in [0.5, 0.6) is 23.0 Å². The maximum atomic E-state index is 14.0. The molecule has 6 amide bonds. The van der Waals surface area contributed by atoms with Crippen molar-refractivity contribution < 1.29 is 52.8 Å². The third-order valence-corrected chi connectivity index (χ3v) is 11.4. The number of aliphatic hydroxyl groups is 1. The maximum Gasteiger partial charge on any atom is 0.260 e. The fraction of sp³-hybridized carbons (Fsp3) is 0.347. The number of nitrogens with two attached hydrogens (primary N) is 1. The number of anilines is 3. The van der Waals surface area contributed by atoms with Gasteiger partial charge in [0, 0.05) is 56.4 Å². The predicted molar refractivity (Wildman–Crippen MR) is 254 cm³/mol. The maximum absolute atomic E-state index is 14.0. The number of nitrogens with zero attached hydrogens (tertiary/aromatic N) is 1. The molecule has 360 valence electrons. The van der Waals surface area contributed by atoms with Gasteiger partial charge in [-0.3, -0.25) is 28.8 Å². The van der Waals surface area contributed by atoms with E-state index >= 15 is 0 Å². The SMILES string of the molecule is C/C=C\CC(O)Nc1cc(OCc2cc(COc3cc4c(cc3OC)C(=O)N3c5ccccc5C[C@H]3CN4)cc(C(=O)N[C@@H](C)C(=O)N[C@@H](C)C(=O)NCCC(=O)NC)c2)c(OC)cc1C(N)=O. The summed E-state index contributed by atoms with van der Waals surface area (Å²) in [6.07, 6.45) is 3.49. The lowest BCUT2D eigenvalue weighted by Crippen LogP contribution is -2.51. The molecule has 1 unspecified atom stereocenters. The molecule has 4 atom stereocenters. The van der Waals surface area contributed by atoms with E-state index in [0.717, 1.165) is 11.3 Å². The van der Waals surface area contributed by atoms with E-state index in [-0.39, 0.29) is 78.8 Å². The number of para-hydroxylation sites is 1. The third kappa shape index (κ3) is 12.0. The van der Waals surface area contributed by atoms with E-state index in [4.69, 9.17) is 24.7 Å². The van der Waals surface area contributed by atoms with Crippen LogP contribution in [0.2, 0.25) is 0 Å². The zero-order valence-corrected chi connectivity index (χ0v) is 38.8. The van der Waals surface area contributed by atoms with Gasteiger partial charge in [0.15, 0.2) is 23.0 Å². The van der Waals surface area contributed by atoms with E-state index in [2.05, 4.69) is 31.9 Å². The molecule has 4 aromatic rings. The molecule has 0 fully saturated rings. The first-order valence-electron chi connectivity index (χ1n) is 22.1. The number of primary amides is 1. The highest BCUT2D eigenvalue weighted by Crippen LogP contribution is 2.41. The Labute approximate surface area is 394 Å². The minimum Gasteiger partial charge on any atom is -0.493 e. The summed E-state index contributed by atoms with van der Waals surface area (Å²) >= 11 is 0. The molecule has 0 bridgehead atoms. The normalized spacial score (nSPS) is 15.0. The van der Waals surface area contributed by atoms with Crippen molar-refractivity contribution in [2.24, 2.45) is 5.73 Å². The van der Waals surface area contributed by atoms with Crippen LogP contribution >= 0.6 is 0 Å². The fourth-order valence-corrected chi connectivity index (χ4v) is 7.78. The Balaban J connectivity index is 1.25. The molecule has 2 aliphatic heterocycles. The quantitative estimate of drug-likeness (QED) is 0.0440. The first-order valence-corrected chi connectivity index (χ1v) is 22.1. The topological polar surface area (TPSA) is 261 Å². The zero-order chi connectivity index (χ0) is 49.1. The summed E-state index contributed by atoms with van der Waals surface area (Å²) in [5, 5.41) is 27.2. The smallest absolute Gasteiger partial charge is 0.260 e. The molecule has 6 rings (SSSR count). The molecule has 4 aromatic carbocycles. The average molecular weight is 935 g/mol. The molecule has 2 aliphatic rings. The van der Waals surface area contributed by atoms with E-state index in [1.54, 1.807) is 42.5 Å². The largest absolute Gasteiger partial charge is 0.493 e. The van der Waals surface area contributed by atoms with E-state index in [9.17, 15) is 33.9 Å². The first kappa shape index (κ1) is 49.6. The Bertz CT molecular complexity index is 2580. The van der Waals surface area contributed by atoms with Crippen molar-refractivity contribution in [3.63, 3.8) is 0 Å². The van der Waals surface area contributed by atoms with Gasteiger partial charge in [0.25, 0.3) is 17.7 Å². The number of hydrogen-bond donors (Lipinski definition) is 8. The molecule has 0 spiro atoms. The minimum atomic E-state index is -1.09. The Morgan fingerprint density at radius 1 is 0.882 bits per heavy atom. The van der Waals surface area contributed by atoms with Crippen LogP contribution in [0.3, 0.4) is 0 Å². The lowest BCUT2D eigenvalue weighted by Gasteiger charge is -2.22. The summed E-state index contributed by atoms with van der Waals surface area (Å²) in [5.74, 6) is -1.96. The Kier molecular flexibility index (Phi) is 16.5. The minimum absolute atomic E-state index is 0.0551. The van der Waals surface area contributed by atoms with Gasteiger partial charge < -0.3 is 66.6 Å². The molecular formula is C49H58N8O11. The van der Waals surface area contributed by atoms with Crippen LogP contribution in [-0.2, 0) is 34.0 Å². The first-order chi connectivity index (χ1) is 32.6. The third-order valence-electron chi connectivity index (χ3n) is 11.4. The standard InChI is InChI=1S/C49H58N8O11/c1-7-8-13-44(59)56-37-23-42(39(65-5)20-34(37)45(50)60)68-26-30-16-29(17-32(18-30)48(63)55-28(3)47(62)54-27(2)46(61)52-15-14-43(58)51-4)25-67-41-22-36-35(21-40(41)66-6)49(64)57-33(24-53-36)19-31-11-9-10-12-38(31)57/h7-12,16-18,20-23,27-28,33,44,53,56,59H,13-15,19,24-26H2,1-6H3,(H2,50,60)(H,51,58)(H,52,61)(H,54,62)(H,55,63)/b8-7-/t27-,28-,33-,44?/m0/s1. The van der Waals surface area contributed by atoms with Gasteiger partial charge in [0.2, 0.25) is 17.7 Å². The summed E-state index contributed by atoms with van der Waals surface area (Å²) in [6, 6.07) is 16.9. The van der Waals surface area contributed by atoms with Crippen LogP contribution < -0.4 is 61.5 Å². The highest BCUT2D eigenvalue weighted by atomic mass is 16.5. The van der Waals surface area contributed by atoms with Crippen LogP contribution in [0.1, 0.15) is 81.4 Å². The van der Waals surface area contributed by atoms with Crippen LogP contribution in [0.4, 0.5) is 17.1 Å². The molecule has 9 N–H and O–H groups in total. The second-order valence-corrected chi connectivity index (χ2v) is 16.2. The highest BCUT2D eigenvalue weighted by Gasteiger charge is 2.38. The van der Waals surface area contributed by atoms with Crippen molar-refractivity contribution in [3.8, 4) is 23.0 Å². The number of carbonyl (C=O) groups excluding carboxylic acids is 6. The molecular weight excluding hydrogens is 877 g/mol. The number of methoxy groups -OCH3 is 2. The lowest BCUT2D eigenvalue weighted by atomic mass is 10.0. The molecule has 0 saturated heterocycles. The van der Waals surface area contributed by atoms with Gasteiger partial charge in [-0.1, -0.05) is 30.4 Å². The molecule has 19 heteroatoms. The second kappa shape index (κ2) is 22.6. The van der Waals surface area contributed by atoms with Crippen molar-refractivity contribution in [2.45, 2.75) is 77.6 Å². The van der Waals surface area contributed by atoms with Gasteiger partial charge >= 0.3 is 0 Å². The Hall–Kier alpha value is -7.80. The molecule has 68 heavy (non-hydrogen) atoms. The number of nitrogens with one attached hydrogen (secondary N) is 6. The van der Waals surface area contributed by atoms with Gasteiger partial charge in [0.1, 0.15) is 31.5 Å². The monoisotopic (exact) mass is 934 g/mol. The van der Waals surface area contributed by atoms with Gasteiger partial charge in [0.05, 0.1) is 42.8 Å². The van der Waals surface area contributed by atoms with Gasteiger partial charge in [-0.2, -0.15) is 0 Å². The summed E-state index contributed by atoms with van der Waals surface area (Å²) in [4.78, 5) is 79.5. The highest BCUT2D eigenvalue weighted by molar-refractivity contribution is 6.12. The average Bonchev–Trinajstić information content (AvgIpc) is 3.65. The number of rotatable bonds is 21. The molecule has 0 saturated carbocycles. The number of allylic oxidation sites excluding steroid dienone is 1. The van der Waals surface area contributed by atoms with Gasteiger partial charge in [-0.05, 0) is 80.3 Å². The van der Waals surface area contributed by atoms with Crippen molar-refractivity contribution in [1.82, 2.24) is 21.3 Å². The van der Waals surface area contributed by atoms with Crippen LogP contribution in [-0.4, -0.2) is 99.3 Å². The van der Waals surface area contributed by atoms with Crippen LogP contribution in [0.25, 0.3) is 0 Å². The summed E-state index contributed by atoms with van der Waals surface area (Å²) in [6.45, 7) is 5.11. The molecule has 0 aliphatic carbocycles. The number of hydrogen-bond acceptors (Lipinski definition) is 13. The van der Waals surface area contributed by atoms with Gasteiger partial charge in [-0.25, -0.2) is 0 Å². The fourth-order valence-electron chi connectivity index (χ4n) is 7.78. The summed E-state index contributed by atoms with van der Waals surface area (Å²) in [5.41, 5.74) is 10.0. The molecule has 19 nitrogen and oxygen atoms in total. The van der Waals surface area contributed by atoms with Crippen molar-refractivity contribution in [2.75, 3.05) is 49.9 Å². The number of amides is 6. The Morgan fingerprint density at radius 3 is 2.21 bits per heavy atom. The summed E-state index contributed by atoms with van der Waals surface area (Å²) < 4.78 is 23.9.